The molecule has 0 spiro atoms. The van der Waals surface area contributed by atoms with E-state index in [4.69, 9.17) is 0 Å². The summed E-state index contributed by atoms with van der Waals surface area (Å²) in [6, 6.07) is 21.7. The van der Waals surface area contributed by atoms with E-state index in [2.05, 4.69) is 83.9 Å². The Morgan fingerprint density at radius 3 is 1.83 bits per heavy atom. The molecule has 3 fully saturated rings. The van der Waals surface area contributed by atoms with Gasteiger partial charge in [-0.15, -0.1) is 0 Å². The van der Waals surface area contributed by atoms with Gasteiger partial charge in [0.25, 0.3) is 0 Å². The van der Waals surface area contributed by atoms with Gasteiger partial charge in [0.2, 0.25) is 0 Å². The second-order valence-electron chi connectivity index (χ2n) is 11.3. The standard InChI is InChI=1S/C32H41N2OP/c1-24(26-13-5-3-6-14-26)33-21-22-34(25(2)27-15-7-4-8-16-27)36(33,35)32-23-28-17-9-10-18-29(28)30-19-11-12-20-31(30)32/h3-8,13-16,24-25,28H,9-12,17-23H2,1-2H3/t24-,25-,28+/m0/s1. The molecule has 2 aromatic carbocycles. The monoisotopic (exact) mass is 500 g/mol. The molecule has 3 nitrogen and oxygen atoms in total. The summed E-state index contributed by atoms with van der Waals surface area (Å²) >= 11 is 0. The first-order chi connectivity index (χ1) is 17.6. The first-order valence-corrected chi connectivity index (χ1v) is 15.9. The smallest absolute Gasteiger partial charge is 0.138 e. The highest BCUT2D eigenvalue weighted by atomic mass is 31.2. The molecule has 0 amide bonds. The minimum atomic E-state index is -2.95. The summed E-state index contributed by atoms with van der Waals surface area (Å²) < 4.78 is 4.84. The van der Waals surface area contributed by atoms with Crippen molar-refractivity contribution in [2.24, 2.45) is 5.92 Å². The fourth-order valence-electron chi connectivity index (χ4n) is 7.53. The highest BCUT2D eigenvalue weighted by Gasteiger charge is 2.56. The topological polar surface area (TPSA) is 29.5 Å². The molecule has 4 heteroatoms. The van der Waals surface area contributed by atoms with Gasteiger partial charge in [-0.1, -0.05) is 72.7 Å². The summed E-state index contributed by atoms with van der Waals surface area (Å²) in [5, 5.41) is 1.33. The number of hydrogen-bond acceptors (Lipinski definition) is 3. The average molecular weight is 501 g/mol. The van der Waals surface area contributed by atoms with Crippen molar-refractivity contribution in [3.63, 3.8) is 0 Å². The molecule has 0 N–H and O–H groups in total. The third kappa shape index (κ3) is 4.13. The van der Waals surface area contributed by atoms with Gasteiger partial charge in [0.1, 0.15) is 13.1 Å². The summed E-state index contributed by atoms with van der Waals surface area (Å²) in [5.41, 5.74) is 7.43. The molecular weight excluding hydrogens is 459 g/mol. The van der Waals surface area contributed by atoms with Crippen LogP contribution in [0.2, 0.25) is 0 Å². The van der Waals surface area contributed by atoms with Crippen LogP contribution in [0, 0.1) is 5.92 Å². The molecule has 2 aromatic rings. The van der Waals surface area contributed by atoms with Crippen LogP contribution in [0.15, 0.2) is 82.7 Å². The van der Waals surface area contributed by atoms with Gasteiger partial charge in [-0.3, -0.25) is 0 Å². The van der Waals surface area contributed by atoms with Crippen LogP contribution in [-0.2, 0) is 0 Å². The zero-order valence-corrected chi connectivity index (χ0v) is 22.9. The molecule has 4 aliphatic rings. The van der Waals surface area contributed by atoms with E-state index in [0.29, 0.717) is 5.92 Å². The van der Waals surface area contributed by atoms with Crippen molar-refractivity contribution in [1.82, 2.24) is 9.34 Å². The van der Waals surface area contributed by atoms with Gasteiger partial charge in [0.05, 0.1) is 25.2 Å². The average Bonchev–Trinajstić information content (AvgIpc) is 3.30. The van der Waals surface area contributed by atoms with E-state index in [1.807, 2.05) is 0 Å². The molecule has 3 atom stereocenters. The van der Waals surface area contributed by atoms with Crippen LogP contribution in [0.3, 0.4) is 0 Å². The van der Waals surface area contributed by atoms with E-state index in [-0.39, 0.29) is 12.1 Å². The highest BCUT2D eigenvalue weighted by Crippen LogP contribution is 2.75. The SMILES string of the molecule is C[C@@H](c1ccccc1)N1CCN([C@@H](C)c2ccccc2)[P+]1([O-])C1=C2CCCCC2=C2CCCC[C@@H]2C1. The molecule has 1 heterocycles. The van der Waals surface area contributed by atoms with E-state index in [9.17, 15) is 0 Å². The molecule has 3 aliphatic carbocycles. The molecule has 1 aliphatic heterocycles. The van der Waals surface area contributed by atoms with Crippen LogP contribution >= 0.6 is 7.79 Å². The molecule has 0 radical (unpaired) electrons. The Bertz CT molecular complexity index is 1090. The Labute approximate surface area is 218 Å². The van der Waals surface area contributed by atoms with Gasteiger partial charge >= 0.3 is 0 Å². The molecular formula is C32H41N2OP. The van der Waals surface area contributed by atoms with Crippen molar-refractivity contribution in [2.75, 3.05) is 13.1 Å². The number of allylic oxidation sites excluding steroid dienone is 4. The zero-order valence-electron chi connectivity index (χ0n) is 22.0. The molecule has 1 saturated heterocycles. The Morgan fingerprint density at radius 1 is 0.722 bits per heavy atom. The lowest BCUT2D eigenvalue weighted by atomic mass is 9.71. The number of nitrogens with zero attached hydrogens (tertiary/aromatic N) is 2. The van der Waals surface area contributed by atoms with E-state index in [1.165, 1.54) is 67.0 Å². The summed E-state index contributed by atoms with van der Waals surface area (Å²) in [6.07, 6.45) is 11.1. The summed E-state index contributed by atoms with van der Waals surface area (Å²) in [6.45, 7) is 6.27. The Hall–Kier alpha value is -1.77. The summed E-state index contributed by atoms with van der Waals surface area (Å²) in [7, 11) is -2.95. The van der Waals surface area contributed by atoms with Crippen molar-refractivity contribution in [3.05, 3.63) is 93.8 Å². The number of rotatable bonds is 5. The predicted molar refractivity (Wildman–Crippen MR) is 149 cm³/mol. The fraction of sp³-hybridized carbons (Fsp3) is 0.500. The molecule has 36 heavy (non-hydrogen) atoms. The lowest BCUT2D eigenvalue weighted by Crippen LogP contribution is -2.39. The zero-order chi connectivity index (χ0) is 24.7. The van der Waals surface area contributed by atoms with Crippen LogP contribution in [0.25, 0.3) is 0 Å². The largest absolute Gasteiger partial charge is 0.647 e. The lowest BCUT2D eigenvalue weighted by Gasteiger charge is -2.49. The van der Waals surface area contributed by atoms with Crippen molar-refractivity contribution in [1.29, 1.82) is 0 Å². The van der Waals surface area contributed by atoms with Gasteiger partial charge in [-0.05, 0) is 87.0 Å². The van der Waals surface area contributed by atoms with Crippen molar-refractivity contribution < 1.29 is 4.89 Å². The van der Waals surface area contributed by atoms with Crippen molar-refractivity contribution >= 4 is 7.79 Å². The van der Waals surface area contributed by atoms with Crippen LogP contribution in [0.4, 0.5) is 0 Å². The second kappa shape index (κ2) is 10.2. The minimum absolute atomic E-state index is 0.127. The van der Waals surface area contributed by atoms with Crippen molar-refractivity contribution in [2.45, 2.75) is 83.7 Å². The van der Waals surface area contributed by atoms with Gasteiger partial charge in [-0.25, -0.2) is 0 Å². The normalized spacial score (nSPS) is 26.5. The minimum Gasteiger partial charge on any atom is -0.647 e. The third-order valence-corrected chi connectivity index (χ3v) is 13.1. The summed E-state index contributed by atoms with van der Waals surface area (Å²) in [5.74, 6) is 0.611. The fourth-order valence-corrected chi connectivity index (χ4v) is 11.4. The number of hydrogen-bond donors (Lipinski definition) is 0. The van der Waals surface area contributed by atoms with E-state index in [1.54, 1.807) is 11.1 Å². The lowest BCUT2D eigenvalue weighted by molar-refractivity contribution is -0.190. The quantitative estimate of drug-likeness (QED) is 0.390. The van der Waals surface area contributed by atoms with Crippen LogP contribution < -0.4 is 4.89 Å². The second-order valence-corrected chi connectivity index (χ2v) is 14.0. The Balaban J connectivity index is 1.49. The molecule has 0 unspecified atom stereocenters. The van der Waals surface area contributed by atoms with E-state index >= 15 is 4.89 Å². The van der Waals surface area contributed by atoms with Crippen molar-refractivity contribution in [3.8, 4) is 0 Å². The highest BCUT2D eigenvalue weighted by molar-refractivity contribution is 7.68. The molecule has 190 valence electrons. The maximum Gasteiger partial charge on any atom is 0.138 e. The van der Waals surface area contributed by atoms with Gasteiger partial charge in [0, 0.05) is 6.42 Å². The third-order valence-electron chi connectivity index (χ3n) is 9.45. The van der Waals surface area contributed by atoms with Gasteiger partial charge < -0.3 is 4.89 Å². The van der Waals surface area contributed by atoms with Crippen LogP contribution in [0.5, 0.6) is 0 Å². The Morgan fingerprint density at radius 2 is 1.25 bits per heavy atom. The predicted octanol–water partition coefficient (Wildman–Crippen LogP) is 7.97. The molecule has 0 aromatic heterocycles. The molecule has 2 saturated carbocycles. The number of benzene rings is 2. The number of fused-ring (bicyclic) bond motifs is 2. The molecule has 0 bridgehead atoms. The van der Waals surface area contributed by atoms with Crippen LogP contribution in [0.1, 0.15) is 94.8 Å². The van der Waals surface area contributed by atoms with Crippen LogP contribution in [-0.4, -0.2) is 22.4 Å². The summed E-state index contributed by atoms with van der Waals surface area (Å²) in [4.78, 5) is 16.0. The maximum absolute atomic E-state index is 16.0. The van der Waals surface area contributed by atoms with E-state index in [0.717, 1.165) is 25.9 Å². The maximum atomic E-state index is 16.0. The Kier molecular flexibility index (Phi) is 6.95. The first-order valence-electron chi connectivity index (χ1n) is 14.3. The molecule has 6 rings (SSSR count). The van der Waals surface area contributed by atoms with Gasteiger partial charge in [0.15, 0.2) is 0 Å². The van der Waals surface area contributed by atoms with E-state index < -0.39 is 7.79 Å². The first kappa shape index (κ1) is 24.6. The van der Waals surface area contributed by atoms with Gasteiger partial charge in [-0.2, -0.15) is 9.34 Å².